The van der Waals surface area contributed by atoms with Crippen LogP contribution in [-0.2, 0) is 11.3 Å². The van der Waals surface area contributed by atoms with Crippen LogP contribution in [0.25, 0.3) is 0 Å². The van der Waals surface area contributed by atoms with Crippen molar-refractivity contribution in [2.45, 2.75) is 32.2 Å². The van der Waals surface area contributed by atoms with Crippen molar-refractivity contribution in [3.8, 4) is 0 Å². The summed E-state index contributed by atoms with van der Waals surface area (Å²) in [6.45, 7) is 7.96. The zero-order chi connectivity index (χ0) is 16.7. The molecule has 0 radical (unpaired) electrons. The number of anilines is 1. The third kappa shape index (κ3) is 6.24. The summed E-state index contributed by atoms with van der Waals surface area (Å²) in [6.07, 6.45) is 3.51. The lowest BCUT2D eigenvalue weighted by Crippen LogP contribution is -2.22. The van der Waals surface area contributed by atoms with Crippen molar-refractivity contribution < 1.29 is 9.53 Å². The molecule has 2 aromatic rings. The minimum atomic E-state index is -1.18. The lowest BCUT2D eigenvalue weighted by molar-refractivity contribution is 0.0525. The van der Waals surface area contributed by atoms with E-state index in [0.29, 0.717) is 18.7 Å². The van der Waals surface area contributed by atoms with Gasteiger partial charge in [0.1, 0.15) is 0 Å². The Balaban J connectivity index is 1.90. The number of hydrogen-bond acceptors (Lipinski definition) is 4. The largest absolute Gasteiger partial charge is 0.462 e. The van der Waals surface area contributed by atoms with Gasteiger partial charge in [-0.05, 0) is 35.9 Å². The van der Waals surface area contributed by atoms with E-state index >= 15 is 0 Å². The predicted octanol–water partition coefficient (Wildman–Crippen LogP) is 4.19. The van der Waals surface area contributed by atoms with Crippen LogP contribution in [0.15, 0.2) is 48.8 Å². The van der Waals surface area contributed by atoms with Crippen molar-refractivity contribution in [3.63, 3.8) is 0 Å². The highest BCUT2D eigenvalue weighted by atomic mass is 28.3. The molecule has 0 amide bonds. The van der Waals surface area contributed by atoms with Crippen LogP contribution in [-0.4, -0.2) is 25.6 Å². The molecule has 0 fully saturated rings. The number of hydrogen-bond donors (Lipinski definition) is 1. The molecule has 0 bridgehead atoms. The van der Waals surface area contributed by atoms with Crippen LogP contribution in [0.3, 0.4) is 0 Å². The molecule has 0 saturated carbocycles. The number of carbonyl (C=O) groups excluding carboxylic acids is 1. The fourth-order valence-corrected chi connectivity index (χ4v) is 2.73. The number of aromatic nitrogens is 1. The van der Waals surface area contributed by atoms with E-state index in [4.69, 9.17) is 4.74 Å². The number of rotatable bonds is 7. The van der Waals surface area contributed by atoms with Gasteiger partial charge in [0.2, 0.25) is 0 Å². The molecule has 5 heteroatoms. The van der Waals surface area contributed by atoms with E-state index in [1.807, 2.05) is 30.3 Å². The third-order valence-corrected chi connectivity index (χ3v) is 5.11. The van der Waals surface area contributed by atoms with E-state index < -0.39 is 8.07 Å². The van der Waals surface area contributed by atoms with Gasteiger partial charge in [-0.15, -0.1) is 0 Å². The molecule has 0 unspecified atom stereocenters. The minimum absolute atomic E-state index is 0.244. The number of carbonyl (C=O) groups is 1. The van der Waals surface area contributed by atoms with E-state index in [2.05, 4.69) is 29.9 Å². The maximum atomic E-state index is 12.1. The normalized spacial score (nSPS) is 11.1. The Morgan fingerprint density at radius 1 is 1.22 bits per heavy atom. The Morgan fingerprint density at radius 3 is 2.74 bits per heavy atom. The zero-order valence-corrected chi connectivity index (χ0v) is 15.0. The van der Waals surface area contributed by atoms with Crippen molar-refractivity contribution in [2.75, 3.05) is 11.9 Å². The third-order valence-electron chi connectivity index (χ3n) is 3.41. The summed E-state index contributed by atoms with van der Waals surface area (Å²) in [5.74, 6) is -0.244. The summed E-state index contributed by atoms with van der Waals surface area (Å²) in [7, 11) is -1.18. The molecule has 1 heterocycles. The molecule has 0 spiro atoms. The fourth-order valence-electron chi connectivity index (χ4n) is 2.01. The molecule has 0 aliphatic heterocycles. The maximum Gasteiger partial charge on any atom is 0.338 e. The van der Waals surface area contributed by atoms with Crippen molar-refractivity contribution in [1.82, 2.24) is 4.98 Å². The first-order chi connectivity index (χ1) is 10.9. The highest BCUT2D eigenvalue weighted by Crippen LogP contribution is 2.12. The molecule has 1 aromatic carbocycles. The number of nitrogens with zero attached hydrogens (tertiary/aromatic N) is 1. The Bertz CT molecular complexity index is 639. The standard InChI is InChI=1S/C18H24N2O2Si/c1-23(2,3)11-10-22-18(21)16-7-4-6-15(12-16)13-20-17-8-5-9-19-14-17/h4-9,12,14,20H,10-11,13H2,1-3H3. The first-order valence-electron chi connectivity index (χ1n) is 7.84. The molecule has 0 aliphatic carbocycles. The summed E-state index contributed by atoms with van der Waals surface area (Å²) in [4.78, 5) is 16.2. The summed E-state index contributed by atoms with van der Waals surface area (Å²) in [5, 5.41) is 3.28. The van der Waals surface area contributed by atoms with E-state index in [1.54, 1.807) is 18.5 Å². The van der Waals surface area contributed by atoms with Crippen molar-refractivity contribution in [3.05, 3.63) is 59.9 Å². The van der Waals surface area contributed by atoms with Crippen molar-refractivity contribution in [2.24, 2.45) is 0 Å². The summed E-state index contributed by atoms with van der Waals surface area (Å²) >= 11 is 0. The SMILES string of the molecule is C[Si](C)(C)CCOC(=O)c1cccc(CNc2cccnc2)c1. The average Bonchev–Trinajstić information content (AvgIpc) is 2.53. The first-order valence-corrected chi connectivity index (χ1v) is 11.5. The lowest BCUT2D eigenvalue weighted by atomic mass is 10.1. The number of ether oxygens (including phenoxy) is 1. The van der Waals surface area contributed by atoms with Crippen molar-refractivity contribution in [1.29, 1.82) is 0 Å². The van der Waals surface area contributed by atoms with Gasteiger partial charge in [0.25, 0.3) is 0 Å². The predicted molar refractivity (Wildman–Crippen MR) is 96.4 cm³/mol. The van der Waals surface area contributed by atoms with Gasteiger partial charge in [0, 0.05) is 27.0 Å². The highest BCUT2D eigenvalue weighted by molar-refractivity contribution is 6.76. The molecule has 0 atom stereocenters. The number of pyridine rings is 1. The highest BCUT2D eigenvalue weighted by Gasteiger charge is 2.14. The van der Waals surface area contributed by atoms with Gasteiger partial charge in [-0.3, -0.25) is 4.98 Å². The van der Waals surface area contributed by atoms with E-state index in [-0.39, 0.29) is 5.97 Å². The Labute approximate surface area is 138 Å². The second kappa shape index (κ2) is 7.92. The van der Waals surface area contributed by atoms with Gasteiger partial charge in [-0.25, -0.2) is 4.79 Å². The first kappa shape index (κ1) is 17.2. The maximum absolute atomic E-state index is 12.1. The van der Waals surface area contributed by atoms with Gasteiger partial charge in [-0.1, -0.05) is 31.8 Å². The van der Waals surface area contributed by atoms with Crippen LogP contribution in [0.2, 0.25) is 25.7 Å². The average molecular weight is 328 g/mol. The minimum Gasteiger partial charge on any atom is -0.462 e. The fraction of sp³-hybridized carbons (Fsp3) is 0.333. The molecule has 4 nitrogen and oxygen atoms in total. The van der Waals surface area contributed by atoms with Gasteiger partial charge in [0.05, 0.1) is 17.9 Å². The van der Waals surface area contributed by atoms with Gasteiger partial charge >= 0.3 is 5.97 Å². The van der Waals surface area contributed by atoms with Gasteiger partial charge < -0.3 is 10.1 Å². The molecule has 23 heavy (non-hydrogen) atoms. The van der Waals surface area contributed by atoms with Crippen LogP contribution in [0.5, 0.6) is 0 Å². The molecule has 1 N–H and O–H groups in total. The molecule has 1 aromatic heterocycles. The summed E-state index contributed by atoms with van der Waals surface area (Å²) in [5.41, 5.74) is 2.59. The lowest BCUT2D eigenvalue weighted by Gasteiger charge is -2.15. The molecule has 0 aliphatic rings. The summed E-state index contributed by atoms with van der Waals surface area (Å²) in [6, 6.07) is 12.4. The second-order valence-electron chi connectivity index (χ2n) is 6.74. The van der Waals surface area contributed by atoms with E-state index in [1.165, 1.54) is 0 Å². The molecular weight excluding hydrogens is 304 g/mol. The van der Waals surface area contributed by atoms with E-state index in [0.717, 1.165) is 17.3 Å². The quantitative estimate of drug-likeness (QED) is 0.611. The number of nitrogens with one attached hydrogen (secondary N) is 1. The van der Waals surface area contributed by atoms with Crippen LogP contribution in [0.1, 0.15) is 15.9 Å². The number of benzene rings is 1. The molecule has 122 valence electrons. The second-order valence-corrected chi connectivity index (χ2v) is 12.4. The monoisotopic (exact) mass is 328 g/mol. The van der Waals surface area contributed by atoms with Crippen LogP contribution in [0, 0.1) is 0 Å². The molecular formula is C18H24N2O2Si. The number of esters is 1. The zero-order valence-electron chi connectivity index (χ0n) is 14.0. The van der Waals surface area contributed by atoms with Gasteiger partial charge in [-0.2, -0.15) is 0 Å². The smallest absolute Gasteiger partial charge is 0.338 e. The van der Waals surface area contributed by atoms with E-state index in [9.17, 15) is 4.79 Å². The van der Waals surface area contributed by atoms with Crippen LogP contribution >= 0.6 is 0 Å². The molecule has 0 saturated heterocycles. The Kier molecular flexibility index (Phi) is 5.93. The van der Waals surface area contributed by atoms with Crippen LogP contribution < -0.4 is 5.32 Å². The van der Waals surface area contributed by atoms with Gasteiger partial charge in [0.15, 0.2) is 0 Å². The Hall–Kier alpha value is -2.14. The van der Waals surface area contributed by atoms with Crippen molar-refractivity contribution >= 4 is 19.7 Å². The summed E-state index contributed by atoms with van der Waals surface area (Å²) < 4.78 is 5.39. The van der Waals surface area contributed by atoms with Crippen LogP contribution in [0.4, 0.5) is 5.69 Å². The Morgan fingerprint density at radius 2 is 2.04 bits per heavy atom. The topological polar surface area (TPSA) is 51.2 Å². The molecule has 2 rings (SSSR count).